The Bertz CT molecular complexity index is 701. The molecule has 1 heterocycles. The Morgan fingerprint density at radius 1 is 1.24 bits per heavy atom. The molecule has 0 bridgehead atoms. The van der Waals surface area contributed by atoms with Crippen LogP contribution < -0.4 is 0 Å². The summed E-state index contributed by atoms with van der Waals surface area (Å²) >= 11 is 0. The van der Waals surface area contributed by atoms with Gasteiger partial charge < -0.3 is 14.2 Å². The van der Waals surface area contributed by atoms with Gasteiger partial charge in [0.05, 0.1) is 0 Å². The minimum absolute atomic E-state index is 0.177. The van der Waals surface area contributed by atoms with Crippen molar-refractivity contribution < 1.29 is 23.8 Å². The number of carbonyl (C=O) groups excluding carboxylic acids is 2. The molecule has 0 spiro atoms. The van der Waals surface area contributed by atoms with Crippen molar-refractivity contribution in [1.82, 2.24) is 0 Å². The molecule has 0 saturated carbocycles. The second-order valence-electron chi connectivity index (χ2n) is 7.72. The van der Waals surface area contributed by atoms with E-state index in [2.05, 4.69) is 0 Å². The number of allylic oxidation sites excluding steroid dienone is 2. The summed E-state index contributed by atoms with van der Waals surface area (Å²) < 4.78 is 17.2. The van der Waals surface area contributed by atoms with Gasteiger partial charge in [0.2, 0.25) is 6.29 Å². The van der Waals surface area contributed by atoms with Crippen molar-refractivity contribution in [3.8, 4) is 0 Å². The fourth-order valence-electron chi connectivity index (χ4n) is 3.41. The van der Waals surface area contributed by atoms with E-state index < -0.39 is 11.9 Å². The maximum Gasteiger partial charge on any atom is 0.345 e. The van der Waals surface area contributed by atoms with Crippen molar-refractivity contribution >= 4 is 11.9 Å². The second kappa shape index (κ2) is 6.30. The molecule has 0 unspecified atom stereocenters. The summed E-state index contributed by atoms with van der Waals surface area (Å²) in [5, 5.41) is 0. The highest BCUT2D eigenvalue weighted by Crippen LogP contribution is 2.50. The summed E-state index contributed by atoms with van der Waals surface area (Å²) in [5.41, 5.74) is -0.747. The van der Waals surface area contributed by atoms with Crippen LogP contribution in [0.5, 0.6) is 0 Å². The molecule has 1 saturated heterocycles. The maximum atomic E-state index is 13.0. The highest BCUT2D eigenvalue weighted by molar-refractivity contribution is 5.83. The van der Waals surface area contributed by atoms with Crippen molar-refractivity contribution in [2.75, 3.05) is 0 Å². The van der Waals surface area contributed by atoms with Gasteiger partial charge in [-0.05, 0) is 18.1 Å². The van der Waals surface area contributed by atoms with Gasteiger partial charge in [0, 0.05) is 24.7 Å². The standard InChI is InChI=1S/C20H24O5/c1-13(21)23-16-11-10-15(12-16)20(14-8-6-5-7-9-14)17(22)24-18(25-20)19(2,3)4/h5-9,11,15,18H,10,12H2,1-4H3/t15-,18+,20-/m1/s1. The van der Waals surface area contributed by atoms with Crippen LogP contribution in [0.15, 0.2) is 42.2 Å². The molecule has 0 N–H and O–H groups in total. The van der Waals surface area contributed by atoms with E-state index in [9.17, 15) is 9.59 Å². The Morgan fingerprint density at radius 2 is 1.92 bits per heavy atom. The molecular weight excluding hydrogens is 320 g/mol. The van der Waals surface area contributed by atoms with Crippen molar-refractivity contribution in [1.29, 1.82) is 0 Å². The lowest BCUT2D eigenvalue weighted by Gasteiger charge is -2.33. The van der Waals surface area contributed by atoms with Gasteiger partial charge >= 0.3 is 11.9 Å². The summed E-state index contributed by atoms with van der Waals surface area (Å²) in [6.45, 7) is 7.30. The van der Waals surface area contributed by atoms with Crippen molar-refractivity contribution in [2.45, 2.75) is 52.4 Å². The molecule has 0 radical (unpaired) electrons. The van der Waals surface area contributed by atoms with Crippen LogP contribution in [0.2, 0.25) is 0 Å². The first-order valence-electron chi connectivity index (χ1n) is 8.55. The van der Waals surface area contributed by atoms with Gasteiger partial charge in [-0.25, -0.2) is 4.79 Å². The molecule has 3 rings (SSSR count). The topological polar surface area (TPSA) is 61.8 Å². The van der Waals surface area contributed by atoms with E-state index in [1.165, 1.54) is 6.92 Å². The highest BCUT2D eigenvalue weighted by Gasteiger charge is 2.59. The van der Waals surface area contributed by atoms with Crippen LogP contribution in [0, 0.1) is 11.3 Å². The number of benzene rings is 1. The van der Waals surface area contributed by atoms with Gasteiger partial charge in [-0.3, -0.25) is 4.79 Å². The van der Waals surface area contributed by atoms with E-state index in [1.54, 1.807) is 0 Å². The van der Waals surface area contributed by atoms with Crippen LogP contribution in [0.3, 0.4) is 0 Å². The minimum Gasteiger partial charge on any atom is -0.433 e. The molecule has 0 amide bonds. The Balaban J connectivity index is 1.96. The predicted molar refractivity (Wildman–Crippen MR) is 91.1 cm³/mol. The Kier molecular flexibility index (Phi) is 4.45. The summed E-state index contributed by atoms with van der Waals surface area (Å²) in [6.07, 6.45) is 2.28. The van der Waals surface area contributed by atoms with Crippen molar-refractivity contribution in [2.24, 2.45) is 11.3 Å². The molecule has 1 aliphatic heterocycles. The zero-order valence-electron chi connectivity index (χ0n) is 15.1. The van der Waals surface area contributed by atoms with Gasteiger partial charge in [0.25, 0.3) is 0 Å². The van der Waals surface area contributed by atoms with Crippen molar-refractivity contribution in [3.05, 3.63) is 47.7 Å². The van der Waals surface area contributed by atoms with E-state index >= 15 is 0 Å². The summed E-state index contributed by atoms with van der Waals surface area (Å²) in [5.74, 6) is -0.322. The SMILES string of the molecule is CC(=O)OC1=CC[C@@H]([C@@]2(c3ccccc3)O[C@@H](C(C)(C)C)OC2=O)C1. The van der Waals surface area contributed by atoms with Gasteiger partial charge in [0.15, 0.2) is 5.60 Å². The van der Waals surface area contributed by atoms with Crippen LogP contribution >= 0.6 is 0 Å². The zero-order chi connectivity index (χ0) is 18.2. The number of carbonyl (C=O) groups is 2. The molecule has 5 heteroatoms. The Labute approximate surface area is 148 Å². The molecule has 1 aliphatic carbocycles. The maximum absolute atomic E-state index is 13.0. The molecule has 25 heavy (non-hydrogen) atoms. The molecule has 134 valence electrons. The number of cyclic esters (lactones) is 1. The third-order valence-corrected chi connectivity index (χ3v) is 4.65. The normalized spacial score (nSPS) is 29.3. The van der Waals surface area contributed by atoms with Gasteiger partial charge in [-0.1, -0.05) is 51.1 Å². The van der Waals surface area contributed by atoms with Gasteiger partial charge in [-0.15, -0.1) is 0 Å². The fraction of sp³-hybridized carbons (Fsp3) is 0.500. The van der Waals surface area contributed by atoms with Gasteiger partial charge in [0.1, 0.15) is 5.76 Å². The number of rotatable bonds is 3. The predicted octanol–water partition coefficient (Wildman–Crippen LogP) is 3.68. The quantitative estimate of drug-likeness (QED) is 0.783. The largest absolute Gasteiger partial charge is 0.433 e. The first-order valence-corrected chi connectivity index (χ1v) is 8.55. The number of hydrogen-bond acceptors (Lipinski definition) is 5. The van der Waals surface area contributed by atoms with Crippen molar-refractivity contribution in [3.63, 3.8) is 0 Å². The third kappa shape index (κ3) is 3.21. The van der Waals surface area contributed by atoms with E-state index in [1.807, 2.05) is 57.2 Å². The third-order valence-electron chi connectivity index (χ3n) is 4.65. The second-order valence-corrected chi connectivity index (χ2v) is 7.72. The first kappa shape index (κ1) is 17.7. The molecule has 3 atom stereocenters. The molecule has 1 aromatic rings. The van der Waals surface area contributed by atoms with E-state index in [-0.39, 0.29) is 23.3 Å². The zero-order valence-corrected chi connectivity index (χ0v) is 15.1. The lowest BCUT2D eigenvalue weighted by atomic mass is 9.79. The number of esters is 2. The molecule has 5 nitrogen and oxygen atoms in total. The monoisotopic (exact) mass is 344 g/mol. The average Bonchev–Trinajstić information content (AvgIpc) is 3.12. The lowest BCUT2D eigenvalue weighted by molar-refractivity contribution is -0.162. The van der Waals surface area contributed by atoms with E-state index in [0.29, 0.717) is 18.6 Å². The van der Waals surface area contributed by atoms with Gasteiger partial charge in [-0.2, -0.15) is 0 Å². The van der Waals surface area contributed by atoms with E-state index in [0.717, 1.165) is 5.56 Å². The van der Waals surface area contributed by atoms with E-state index in [4.69, 9.17) is 14.2 Å². The van der Waals surface area contributed by atoms with Crippen LogP contribution in [-0.4, -0.2) is 18.2 Å². The fourth-order valence-corrected chi connectivity index (χ4v) is 3.41. The van der Waals surface area contributed by atoms with Crippen LogP contribution in [0.1, 0.15) is 46.1 Å². The Morgan fingerprint density at radius 3 is 2.48 bits per heavy atom. The lowest BCUT2D eigenvalue weighted by Crippen LogP contribution is -2.41. The van der Waals surface area contributed by atoms with Crippen LogP contribution in [-0.2, 0) is 29.4 Å². The molecule has 2 aliphatic rings. The first-order chi connectivity index (χ1) is 11.7. The molecular formula is C20H24O5. The molecule has 1 aromatic carbocycles. The Hall–Kier alpha value is -2.14. The number of ether oxygens (including phenoxy) is 3. The summed E-state index contributed by atoms with van der Waals surface area (Å²) in [4.78, 5) is 24.2. The summed E-state index contributed by atoms with van der Waals surface area (Å²) in [6, 6.07) is 9.43. The van der Waals surface area contributed by atoms with Crippen LogP contribution in [0.4, 0.5) is 0 Å². The minimum atomic E-state index is -1.18. The molecule has 0 aromatic heterocycles. The number of hydrogen-bond donors (Lipinski definition) is 0. The summed E-state index contributed by atoms with van der Waals surface area (Å²) in [7, 11) is 0. The van der Waals surface area contributed by atoms with Crippen LogP contribution in [0.25, 0.3) is 0 Å². The molecule has 1 fully saturated rings. The highest BCUT2D eigenvalue weighted by atomic mass is 16.8. The smallest absolute Gasteiger partial charge is 0.345 e. The average molecular weight is 344 g/mol.